The molecule has 2 saturated heterocycles. The first-order valence-corrected chi connectivity index (χ1v) is 13.8. The summed E-state index contributed by atoms with van der Waals surface area (Å²) < 4.78 is 27.0. The minimum Gasteiger partial charge on any atom is -0.378 e. The molecule has 5 heterocycles. The Balaban J connectivity index is 1.33. The molecular weight excluding hydrogens is 486 g/mol. The number of nitrogens with zero attached hydrogens (tertiary/aromatic N) is 6. The fraction of sp³-hybridized carbons (Fsp3) is 0.435. The van der Waals surface area contributed by atoms with Gasteiger partial charge >= 0.3 is 0 Å². The topological polar surface area (TPSA) is 111 Å². The van der Waals surface area contributed by atoms with Gasteiger partial charge in [0, 0.05) is 61.6 Å². The van der Waals surface area contributed by atoms with Gasteiger partial charge in [0.05, 0.1) is 35.1 Å². The van der Waals surface area contributed by atoms with Crippen LogP contribution in [0.5, 0.6) is 0 Å². The number of hydrogen-bond donors (Lipinski definition) is 2. The summed E-state index contributed by atoms with van der Waals surface area (Å²) in [5.41, 5.74) is 2.90. The Morgan fingerprint density at radius 1 is 1.09 bits per heavy atom. The van der Waals surface area contributed by atoms with Gasteiger partial charge in [-0.1, -0.05) is 12.1 Å². The molecule has 0 bridgehead atoms. The number of aromatic nitrogens is 4. The van der Waals surface area contributed by atoms with E-state index in [9.17, 15) is 4.21 Å². The number of piperazine rings is 1. The number of benzene rings is 1. The van der Waals surface area contributed by atoms with E-state index in [0.29, 0.717) is 19.0 Å². The number of hydrogen-bond acceptors (Lipinski definition) is 9. The molecule has 0 radical (unpaired) electrons. The van der Waals surface area contributed by atoms with E-state index in [1.54, 1.807) is 11.3 Å². The van der Waals surface area contributed by atoms with Crippen LogP contribution in [-0.2, 0) is 22.4 Å². The third-order valence-electron chi connectivity index (χ3n) is 6.58. The van der Waals surface area contributed by atoms with E-state index in [2.05, 4.69) is 26.1 Å². The minimum atomic E-state index is -1.78. The summed E-state index contributed by atoms with van der Waals surface area (Å²) in [4.78, 5) is 18.1. The summed E-state index contributed by atoms with van der Waals surface area (Å²) >= 11 is -0.0160. The van der Waals surface area contributed by atoms with Crippen molar-refractivity contribution in [1.29, 1.82) is 0 Å². The lowest BCUT2D eigenvalue weighted by molar-refractivity contribution is 0.122. The number of ether oxygens (including phenoxy) is 1. The molecule has 3 aromatic heterocycles. The van der Waals surface area contributed by atoms with Gasteiger partial charge in [0.25, 0.3) is 0 Å². The fourth-order valence-electron chi connectivity index (χ4n) is 4.77. The zero-order chi connectivity index (χ0) is 23.8. The predicted molar refractivity (Wildman–Crippen MR) is 138 cm³/mol. The van der Waals surface area contributed by atoms with Crippen LogP contribution in [0.3, 0.4) is 0 Å². The van der Waals surface area contributed by atoms with E-state index in [-0.39, 0.29) is 5.88 Å². The second-order valence-electron chi connectivity index (χ2n) is 8.88. The normalized spacial score (nSPS) is 19.1. The average Bonchev–Trinajstić information content (AvgIpc) is 3.51. The highest BCUT2D eigenvalue weighted by atomic mass is 32.2. The van der Waals surface area contributed by atoms with Crippen molar-refractivity contribution in [2.24, 2.45) is 0 Å². The van der Waals surface area contributed by atoms with E-state index in [1.165, 1.54) is 4.88 Å². The van der Waals surface area contributed by atoms with Gasteiger partial charge in [0.1, 0.15) is 5.88 Å². The smallest absolute Gasteiger partial charge is 0.167 e. The molecule has 2 aliphatic heterocycles. The largest absolute Gasteiger partial charge is 0.378 e. The molecule has 2 fully saturated rings. The Morgan fingerprint density at radius 2 is 1.89 bits per heavy atom. The maximum Gasteiger partial charge on any atom is 0.167 e. The molecule has 10 nitrogen and oxygen atoms in total. The van der Waals surface area contributed by atoms with Crippen LogP contribution in [0.4, 0.5) is 5.82 Å². The molecule has 4 aromatic rings. The number of rotatable bonds is 6. The Bertz CT molecular complexity index is 1360. The van der Waals surface area contributed by atoms with Gasteiger partial charge in [-0.15, -0.1) is 11.3 Å². The summed E-state index contributed by atoms with van der Waals surface area (Å²) in [6, 6.07) is 8.25. The molecule has 2 aliphatic rings. The van der Waals surface area contributed by atoms with Crippen LogP contribution in [0, 0.1) is 0 Å². The Hall–Kier alpha value is -2.48. The van der Waals surface area contributed by atoms with Gasteiger partial charge in [0.15, 0.2) is 22.7 Å². The van der Waals surface area contributed by atoms with Crippen molar-refractivity contribution in [2.45, 2.75) is 6.54 Å². The first kappa shape index (κ1) is 23.0. The molecule has 1 unspecified atom stereocenters. The van der Waals surface area contributed by atoms with Crippen molar-refractivity contribution in [3.8, 4) is 11.4 Å². The van der Waals surface area contributed by atoms with Gasteiger partial charge in [0.2, 0.25) is 0 Å². The summed E-state index contributed by atoms with van der Waals surface area (Å²) in [5, 5.41) is 8.26. The molecule has 1 atom stereocenters. The van der Waals surface area contributed by atoms with Gasteiger partial charge in [-0.2, -0.15) is 5.10 Å². The second-order valence-corrected chi connectivity index (χ2v) is 10.9. The molecule has 0 aliphatic carbocycles. The van der Waals surface area contributed by atoms with Crippen LogP contribution in [0.1, 0.15) is 4.88 Å². The highest BCUT2D eigenvalue weighted by molar-refractivity contribution is 7.79. The number of anilines is 1. The van der Waals surface area contributed by atoms with E-state index in [1.807, 2.05) is 29.3 Å². The van der Waals surface area contributed by atoms with E-state index in [4.69, 9.17) is 19.3 Å². The van der Waals surface area contributed by atoms with Gasteiger partial charge in [-0.25, -0.2) is 14.2 Å². The molecular formula is C23H27N7O3S2. The Labute approximate surface area is 209 Å². The van der Waals surface area contributed by atoms with E-state index in [0.717, 1.165) is 78.3 Å². The molecule has 0 spiro atoms. The molecule has 12 heteroatoms. The summed E-state index contributed by atoms with van der Waals surface area (Å²) in [5.74, 6) is 1.91. The van der Waals surface area contributed by atoms with Crippen LogP contribution < -0.4 is 4.90 Å². The fourth-order valence-corrected chi connectivity index (χ4v) is 6.49. The lowest BCUT2D eigenvalue weighted by Gasteiger charge is -2.33. The van der Waals surface area contributed by atoms with Crippen molar-refractivity contribution in [3.63, 3.8) is 0 Å². The van der Waals surface area contributed by atoms with Gasteiger partial charge < -0.3 is 14.2 Å². The molecule has 1 aromatic carbocycles. The predicted octanol–water partition coefficient (Wildman–Crippen LogP) is 2.37. The Kier molecular flexibility index (Phi) is 6.48. The number of morpholine rings is 1. The van der Waals surface area contributed by atoms with Crippen LogP contribution in [-0.4, -0.2) is 97.1 Å². The van der Waals surface area contributed by atoms with Crippen LogP contribution >= 0.6 is 11.3 Å². The third-order valence-corrected chi connectivity index (χ3v) is 8.27. The molecule has 35 heavy (non-hydrogen) atoms. The lowest BCUT2D eigenvalue weighted by Crippen LogP contribution is -2.46. The van der Waals surface area contributed by atoms with Crippen molar-refractivity contribution in [1.82, 2.24) is 30.0 Å². The van der Waals surface area contributed by atoms with E-state index < -0.39 is 11.1 Å². The maximum absolute atomic E-state index is 11.1. The van der Waals surface area contributed by atoms with E-state index >= 15 is 0 Å². The van der Waals surface area contributed by atoms with Crippen molar-refractivity contribution >= 4 is 49.4 Å². The lowest BCUT2D eigenvalue weighted by atomic mass is 10.1. The van der Waals surface area contributed by atoms with Gasteiger partial charge in [-0.3, -0.25) is 14.9 Å². The first-order chi connectivity index (χ1) is 17.1. The highest BCUT2D eigenvalue weighted by Crippen LogP contribution is 2.36. The number of aromatic amines is 1. The summed E-state index contributed by atoms with van der Waals surface area (Å²) in [6.45, 7) is 7.20. The van der Waals surface area contributed by atoms with Crippen molar-refractivity contribution in [3.05, 3.63) is 35.3 Å². The monoisotopic (exact) mass is 513 g/mol. The number of thiophene rings is 1. The van der Waals surface area contributed by atoms with Crippen LogP contribution in [0.2, 0.25) is 0 Å². The second kappa shape index (κ2) is 9.88. The van der Waals surface area contributed by atoms with Crippen LogP contribution in [0.15, 0.2) is 30.5 Å². The standard InChI is InChI=1S/C23H27N7O3S2/c31-35(32)15-29-6-4-28(5-7-29)14-16-12-20-21(34-16)23(30-8-10-33-11-9-30)26-22(25-20)17-2-1-3-19-18(17)13-24-27-19/h1-3,12-13H,4-11,14-15H2,(H,24,27)(H,31,32). The minimum absolute atomic E-state index is 0.224. The molecule has 0 amide bonds. The van der Waals surface area contributed by atoms with Crippen molar-refractivity contribution < 1.29 is 13.5 Å². The molecule has 184 valence electrons. The zero-order valence-corrected chi connectivity index (χ0v) is 20.9. The number of fused-ring (bicyclic) bond motifs is 2. The quantitative estimate of drug-likeness (QED) is 0.375. The Morgan fingerprint density at radius 3 is 2.69 bits per heavy atom. The average molecular weight is 514 g/mol. The summed E-state index contributed by atoms with van der Waals surface area (Å²) in [6.07, 6.45) is 1.83. The van der Waals surface area contributed by atoms with Gasteiger partial charge in [-0.05, 0) is 12.1 Å². The molecule has 0 saturated carbocycles. The summed E-state index contributed by atoms with van der Waals surface area (Å²) in [7, 11) is 0. The number of nitrogens with one attached hydrogen (secondary N) is 1. The molecule has 6 rings (SSSR count). The molecule has 2 N–H and O–H groups in total. The zero-order valence-electron chi connectivity index (χ0n) is 19.2. The first-order valence-electron chi connectivity index (χ1n) is 11.7. The highest BCUT2D eigenvalue weighted by Gasteiger charge is 2.23. The van der Waals surface area contributed by atoms with Crippen LogP contribution in [0.25, 0.3) is 32.5 Å². The SMILES string of the molecule is O=S(O)CN1CCN(Cc2cc3nc(-c4cccc5[nH]ncc45)nc(N4CCOCC4)c3s2)CC1. The number of H-pyrrole nitrogens is 1. The van der Waals surface area contributed by atoms with Crippen molar-refractivity contribution in [2.75, 3.05) is 63.3 Å². The third kappa shape index (κ3) is 4.82. The maximum atomic E-state index is 11.1.